The molecule has 0 aromatic heterocycles. The molecular formula is C14H13BrClNO. The molecule has 0 atom stereocenters. The van der Waals surface area contributed by atoms with E-state index in [-0.39, 0.29) is 0 Å². The largest absolute Gasteiger partial charge is 0.489 e. The molecular weight excluding hydrogens is 314 g/mol. The summed E-state index contributed by atoms with van der Waals surface area (Å²) in [6, 6.07) is 13.4. The Morgan fingerprint density at radius 1 is 1.17 bits per heavy atom. The fraction of sp³-hybridized carbons (Fsp3) is 0.143. The summed E-state index contributed by atoms with van der Waals surface area (Å²) in [5, 5.41) is 0.717. The van der Waals surface area contributed by atoms with Gasteiger partial charge in [0.05, 0.1) is 0 Å². The summed E-state index contributed by atoms with van der Waals surface area (Å²) in [7, 11) is 0. The van der Waals surface area contributed by atoms with E-state index in [1.54, 1.807) is 0 Å². The van der Waals surface area contributed by atoms with Crippen molar-refractivity contribution in [1.82, 2.24) is 0 Å². The molecule has 0 spiro atoms. The SMILES string of the molecule is NCc1cc(OCc2cccc(Cl)c2)ccc1Br. The van der Waals surface area contributed by atoms with Crippen LogP contribution in [-0.2, 0) is 13.2 Å². The maximum Gasteiger partial charge on any atom is 0.120 e. The summed E-state index contributed by atoms with van der Waals surface area (Å²) >= 11 is 9.36. The molecule has 2 aromatic carbocycles. The van der Waals surface area contributed by atoms with E-state index >= 15 is 0 Å². The normalized spacial score (nSPS) is 10.4. The Morgan fingerprint density at radius 3 is 2.72 bits per heavy atom. The van der Waals surface area contributed by atoms with Gasteiger partial charge in [0.25, 0.3) is 0 Å². The molecule has 4 heteroatoms. The zero-order valence-corrected chi connectivity index (χ0v) is 12.0. The minimum Gasteiger partial charge on any atom is -0.489 e. The second-order valence-corrected chi connectivity index (χ2v) is 5.17. The fourth-order valence-electron chi connectivity index (χ4n) is 1.59. The van der Waals surface area contributed by atoms with Crippen molar-refractivity contribution >= 4 is 27.5 Å². The van der Waals surface area contributed by atoms with E-state index in [2.05, 4.69) is 15.9 Å². The molecule has 0 aliphatic carbocycles. The van der Waals surface area contributed by atoms with Gasteiger partial charge < -0.3 is 10.5 Å². The molecule has 0 heterocycles. The molecule has 2 rings (SSSR count). The van der Waals surface area contributed by atoms with Gasteiger partial charge in [-0.05, 0) is 41.5 Å². The van der Waals surface area contributed by atoms with E-state index in [1.165, 1.54) is 0 Å². The third-order valence-corrected chi connectivity index (χ3v) is 3.54. The van der Waals surface area contributed by atoms with Crippen LogP contribution in [0.1, 0.15) is 11.1 Å². The quantitative estimate of drug-likeness (QED) is 0.916. The van der Waals surface area contributed by atoms with Crippen LogP contribution in [0.3, 0.4) is 0 Å². The standard InChI is InChI=1S/C14H13BrClNO/c15-14-5-4-13(7-11(14)8-17)18-9-10-2-1-3-12(16)6-10/h1-7H,8-9,17H2. The van der Waals surface area contributed by atoms with Gasteiger partial charge >= 0.3 is 0 Å². The van der Waals surface area contributed by atoms with Crippen LogP contribution in [0.4, 0.5) is 0 Å². The predicted molar refractivity (Wildman–Crippen MR) is 77.8 cm³/mol. The minimum atomic E-state index is 0.481. The van der Waals surface area contributed by atoms with Gasteiger partial charge in [0.2, 0.25) is 0 Å². The molecule has 2 N–H and O–H groups in total. The monoisotopic (exact) mass is 325 g/mol. The van der Waals surface area contributed by atoms with Crippen LogP contribution in [0, 0.1) is 0 Å². The second kappa shape index (κ2) is 6.23. The Morgan fingerprint density at radius 2 is 2.00 bits per heavy atom. The highest BCUT2D eigenvalue weighted by atomic mass is 79.9. The first-order valence-corrected chi connectivity index (χ1v) is 6.72. The maximum absolute atomic E-state index is 5.92. The van der Waals surface area contributed by atoms with Crippen LogP contribution in [0.2, 0.25) is 5.02 Å². The molecule has 18 heavy (non-hydrogen) atoms. The summed E-state index contributed by atoms with van der Waals surface area (Å²) < 4.78 is 6.71. The van der Waals surface area contributed by atoms with Crippen LogP contribution in [-0.4, -0.2) is 0 Å². The van der Waals surface area contributed by atoms with Crippen LogP contribution in [0.15, 0.2) is 46.9 Å². The third kappa shape index (κ3) is 3.48. The molecule has 0 saturated carbocycles. The van der Waals surface area contributed by atoms with Gasteiger partial charge in [0, 0.05) is 16.0 Å². The molecule has 0 radical (unpaired) electrons. The van der Waals surface area contributed by atoms with Crippen molar-refractivity contribution in [2.24, 2.45) is 5.73 Å². The third-order valence-electron chi connectivity index (χ3n) is 2.53. The van der Waals surface area contributed by atoms with E-state index in [1.807, 2.05) is 42.5 Å². The number of rotatable bonds is 4. The number of ether oxygens (including phenoxy) is 1. The van der Waals surface area contributed by atoms with Crippen molar-refractivity contribution in [3.63, 3.8) is 0 Å². The lowest BCUT2D eigenvalue weighted by molar-refractivity contribution is 0.306. The predicted octanol–water partition coefficient (Wildman–Crippen LogP) is 4.14. The van der Waals surface area contributed by atoms with Crippen molar-refractivity contribution in [2.45, 2.75) is 13.2 Å². The molecule has 0 amide bonds. The topological polar surface area (TPSA) is 35.2 Å². The Labute approximate surface area is 120 Å². The molecule has 0 aliphatic heterocycles. The zero-order valence-electron chi connectivity index (χ0n) is 9.70. The lowest BCUT2D eigenvalue weighted by Gasteiger charge is -2.09. The maximum atomic E-state index is 5.92. The van der Waals surface area contributed by atoms with Crippen LogP contribution >= 0.6 is 27.5 Å². The Kier molecular flexibility index (Phi) is 4.64. The average Bonchev–Trinajstić information content (AvgIpc) is 2.38. The Hall–Kier alpha value is -1.03. The highest BCUT2D eigenvalue weighted by Crippen LogP contribution is 2.23. The minimum absolute atomic E-state index is 0.481. The van der Waals surface area contributed by atoms with Crippen molar-refractivity contribution < 1.29 is 4.74 Å². The molecule has 2 aromatic rings. The van der Waals surface area contributed by atoms with E-state index in [0.717, 1.165) is 26.4 Å². The lowest BCUT2D eigenvalue weighted by Crippen LogP contribution is -2.00. The van der Waals surface area contributed by atoms with E-state index in [9.17, 15) is 0 Å². The summed E-state index contributed by atoms with van der Waals surface area (Å²) in [6.45, 7) is 0.973. The number of halogens is 2. The first-order chi connectivity index (χ1) is 8.69. The second-order valence-electron chi connectivity index (χ2n) is 3.88. The van der Waals surface area contributed by atoms with E-state index in [0.29, 0.717) is 13.2 Å². The van der Waals surface area contributed by atoms with Gasteiger partial charge in [-0.2, -0.15) is 0 Å². The fourth-order valence-corrected chi connectivity index (χ4v) is 2.21. The zero-order chi connectivity index (χ0) is 13.0. The summed E-state index contributed by atoms with van der Waals surface area (Å²) in [6.07, 6.45) is 0. The number of hydrogen-bond donors (Lipinski definition) is 1. The first-order valence-electron chi connectivity index (χ1n) is 5.55. The van der Waals surface area contributed by atoms with Crippen molar-refractivity contribution in [3.05, 3.63) is 63.1 Å². The number of benzene rings is 2. The molecule has 0 saturated heterocycles. The smallest absolute Gasteiger partial charge is 0.120 e. The molecule has 0 fully saturated rings. The van der Waals surface area contributed by atoms with Gasteiger partial charge in [0.15, 0.2) is 0 Å². The van der Waals surface area contributed by atoms with Gasteiger partial charge in [-0.15, -0.1) is 0 Å². The highest BCUT2D eigenvalue weighted by molar-refractivity contribution is 9.10. The lowest BCUT2D eigenvalue weighted by atomic mass is 10.2. The Bertz CT molecular complexity index is 545. The molecule has 94 valence electrons. The van der Waals surface area contributed by atoms with Crippen molar-refractivity contribution in [1.29, 1.82) is 0 Å². The number of hydrogen-bond acceptors (Lipinski definition) is 2. The van der Waals surface area contributed by atoms with E-state index < -0.39 is 0 Å². The summed E-state index contributed by atoms with van der Waals surface area (Å²) in [4.78, 5) is 0. The summed E-state index contributed by atoms with van der Waals surface area (Å²) in [5.41, 5.74) is 7.71. The first kappa shape index (κ1) is 13.4. The van der Waals surface area contributed by atoms with Crippen LogP contribution in [0.5, 0.6) is 5.75 Å². The Balaban J connectivity index is 2.06. The van der Waals surface area contributed by atoms with Gasteiger partial charge in [-0.25, -0.2) is 0 Å². The van der Waals surface area contributed by atoms with Gasteiger partial charge in [0.1, 0.15) is 12.4 Å². The molecule has 0 unspecified atom stereocenters. The average molecular weight is 327 g/mol. The van der Waals surface area contributed by atoms with E-state index in [4.69, 9.17) is 22.1 Å². The number of nitrogens with two attached hydrogens (primary N) is 1. The van der Waals surface area contributed by atoms with Gasteiger partial charge in [-0.3, -0.25) is 0 Å². The molecule has 2 nitrogen and oxygen atoms in total. The van der Waals surface area contributed by atoms with Crippen molar-refractivity contribution in [2.75, 3.05) is 0 Å². The summed E-state index contributed by atoms with van der Waals surface area (Å²) in [5.74, 6) is 0.804. The molecule has 0 bridgehead atoms. The highest BCUT2D eigenvalue weighted by Gasteiger charge is 2.02. The van der Waals surface area contributed by atoms with Crippen LogP contribution in [0.25, 0.3) is 0 Å². The van der Waals surface area contributed by atoms with Crippen LogP contribution < -0.4 is 10.5 Å². The molecule has 0 aliphatic rings. The van der Waals surface area contributed by atoms with Crippen molar-refractivity contribution in [3.8, 4) is 5.75 Å². The van der Waals surface area contributed by atoms with Gasteiger partial charge in [-0.1, -0.05) is 39.7 Å².